The third kappa shape index (κ3) is 2.01. The summed E-state index contributed by atoms with van der Waals surface area (Å²) >= 11 is 0.876. The molecule has 21 heavy (non-hydrogen) atoms. The van der Waals surface area contributed by atoms with E-state index >= 15 is 0 Å². The lowest BCUT2D eigenvalue weighted by Gasteiger charge is -2.02. The maximum atomic E-state index is 13.2. The number of hydrogen-bond donors (Lipinski definition) is 0. The fraction of sp³-hybridized carbons (Fsp3) is 0.143. The van der Waals surface area contributed by atoms with Gasteiger partial charge in [-0.25, -0.2) is 9.50 Å². The van der Waals surface area contributed by atoms with E-state index in [1.165, 1.54) is 4.52 Å². The molecule has 7 heteroatoms. The van der Waals surface area contributed by atoms with E-state index in [-0.39, 0.29) is 5.01 Å². The van der Waals surface area contributed by atoms with Crippen LogP contribution in [0.25, 0.3) is 27.4 Å². The third-order valence-electron chi connectivity index (χ3n) is 3.10. The molecule has 1 aromatic carbocycles. The number of benzene rings is 1. The van der Waals surface area contributed by atoms with Crippen molar-refractivity contribution in [3.63, 3.8) is 0 Å². The first-order valence-electron chi connectivity index (χ1n) is 6.24. The molecule has 0 N–H and O–H groups in total. The van der Waals surface area contributed by atoms with Gasteiger partial charge in [0.05, 0.1) is 6.20 Å². The lowest BCUT2D eigenvalue weighted by molar-refractivity contribution is 0.0163. The highest BCUT2D eigenvalue weighted by Crippen LogP contribution is 2.33. The van der Waals surface area contributed by atoms with E-state index in [1.54, 1.807) is 6.20 Å². The van der Waals surface area contributed by atoms with Crippen LogP contribution in [0, 0.1) is 0 Å². The molecule has 0 bridgehead atoms. The van der Waals surface area contributed by atoms with E-state index < -0.39 is 5.92 Å². The number of hydrogen-bond acceptors (Lipinski definition) is 4. The maximum Gasteiger partial charge on any atom is 0.298 e. The van der Waals surface area contributed by atoms with E-state index in [9.17, 15) is 8.78 Å². The molecule has 0 unspecified atom stereocenters. The summed E-state index contributed by atoms with van der Waals surface area (Å²) in [5.74, 6) is -2.36. The van der Waals surface area contributed by atoms with E-state index in [0.29, 0.717) is 16.4 Å². The second-order valence-electron chi connectivity index (χ2n) is 4.80. The minimum absolute atomic E-state index is 0.249. The Morgan fingerprint density at radius 1 is 1.29 bits per heavy atom. The van der Waals surface area contributed by atoms with Crippen molar-refractivity contribution in [1.29, 1.82) is 0 Å². The molecule has 0 fully saturated rings. The predicted octanol–water partition coefficient (Wildman–Crippen LogP) is 4.32. The Hall–Kier alpha value is -2.28. The van der Waals surface area contributed by atoms with Crippen molar-refractivity contribution >= 4 is 27.3 Å². The molecule has 0 spiro atoms. The lowest BCUT2D eigenvalue weighted by Crippen LogP contribution is -2.06. The normalized spacial score (nSPS) is 12.5. The zero-order valence-electron chi connectivity index (χ0n) is 10.9. The van der Waals surface area contributed by atoms with Gasteiger partial charge in [0.1, 0.15) is 11.3 Å². The van der Waals surface area contributed by atoms with E-state index in [0.717, 1.165) is 29.2 Å². The Balaban J connectivity index is 1.81. The van der Waals surface area contributed by atoms with Crippen LogP contribution in [0.4, 0.5) is 8.78 Å². The van der Waals surface area contributed by atoms with Gasteiger partial charge in [-0.1, -0.05) is 29.5 Å². The molecule has 0 amide bonds. The number of aromatic nitrogens is 3. The quantitative estimate of drug-likeness (QED) is 0.554. The molecular weight excluding hydrogens is 296 g/mol. The molecule has 3 aromatic heterocycles. The van der Waals surface area contributed by atoms with Gasteiger partial charge in [0, 0.05) is 12.3 Å². The van der Waals surface area contributed by atoms with Gasteiger partial charge in [0.15, 0.2) is 10.8 Å². The van der Waals surface area contributed by atoms with Crippen LogP contribution >= 0.6 is 11.3 Å². The molecule has 4 rings (SSSR count). The first kappa shape index (κ1) is 12.5. The Kier molecular flexibility index (Phi) is 2.44. The van der Waals surface area contributed by atoms with Crippen LogP contribution in [0.1, 0.15) is 11.9 Å². The second-order valence-corrected chi connectivity index (χ2v) is 5.75. The fourth-order valence-corrected chi connectivity index (χ4v) is 2.92. The zero-order valence-corrected chi connectivity index (χ0v) is 11.7. The van der Waals surface area contributed by atoms with Crippen molar-refractivity contribution in [2.75, 3.05) is 0 Å². The summed E-state index contributed by atoms with van der Waals surface area (Å²) in [5, 5.41) is 4.59. The summed E-state index contributed by atoms with van der Waals surface area (Å²) in [6.45, 7) is 0.825. The van der Waals surface area contributed by atoms with Crippen LogP contribution in [0.3, 0.4) is 0 Å². The second kappa shape index (κ2) is 4.11. The molecular formula is C14H9F2N3OS. The van der Waals surface area contributed by atoms with Gasteiger partial charge in [-0.05, 0) is 12.1 Å². The van der Waals surface area contributed by atoms with Gasteiger partial charge in [-0.3, -0.25) is 0 Å². The van der Waals surface area contributed by atoms with Crippen molar-refractivity contribution in [1.82, 2.24) is 14.6 Å². The van der Waals surface area contributed by atoms with Gasteiger partial charge < -0.3 is 4.42 Å². The topological polar surface area (TPSA) is 43.3 Å². The van der Waals surface area contributed by atoms with Crippen LogP contribution in [0.15, 0.2) is 40.9 Å². The number of furan rings is 1. The van der Waals surface area contributed by atoms with E-state index in [1.807, 2.05) is 30.3 Å². The van der Waals surface area contributed by atoms with Crippen LogP contribution in [-0.4, -0.2) is 14.6 Å². The zero-order chi connectivity index (χ0) is 14.6. The molecule has 0 saturated heterocycles. The molecule has 4 aromatic rings. The highest BCUT2D eigenvalue weighted by atomic mass is 32.1. The minimum atomic E-state index is -2.95. The van der Waals surface area contributed by atoms with Gasteiger partial charge in [-0.2, -0.15) is 13.9 Å². The Bertz CT molecular complexity index is 884. The fourth-order valence-electron chi connectivity index (χ4n) is 2.10. The number of fused-ring (bicyclic) bond motifs is 2. The number of rotatable bonds is 2. The highest BCUT2D eigenvalue weighted by Gasteiger charge is 2.30. The first-order chi connectivity index (χ1) is 10.0. The van der Waals surface area contributed by atoms with Gasteiger partial charge in [0.2, 0.25) is 4.96 Å². The molecule has 0 saturated carbocycles. The van der Waals surface area contributed by atoms with Crippen LogP contribution < -0.4 is 0 Å². The predicted molar refractivity (Wildman–Crippen MR) is 75.6 cm³/mol. The molecule has 0 aliphatic heterocycles. The molecule has 106 valence electrons. The van der Waals surface area contributed by atoms with Crippen LogP contribution in [0.5, 0.6) is 0 Å². The van der Waals surface area contributed by atoms with E-state index in [2.05, 4.69) is 10.1 Å². The monoisotopic (exact) mass is 305 g/mol. The van der Waals surface area contributed by atoms with Gasteiger partial charge in [-0.15, -0.1) is 0 Å². The summed E-state index contributed by atoms with van der Waals surface area (Å²) in [6.07, 6.45) is 1.60. The number of imidazole rings is 1. The summed E-state index contributed by atoms with van der Waals surface area (Å²) < 4.78 is 33.5. The number of halogens is 2. The summed E-state index contributed by atoms with van der Waals surface area (Å²) in [4.78, 5) is 4.72. The first-order valence-corrected chi connectivity index (χ1v) is 7.06. The Morgan fingerprint density at radius 2 is 2.10 bits per heavy atom. The number of alkyl halides is 2. The van der Waals surface area contributed by atoms with Crippen molar-refractivity contribution in [2.24, 2.45) is 0 Å². The van der Waals surface area contributed by atoms with Crippen molar-refractivity contribution < 1.29 is 13.2 Å². The maximum absolute atomic E-state index is 13.2. The van der Waals surface area contributed by atoms with Gasteiger partial charge >= 0.3 is 0 Å². The summed E-state index contributed by atoms with van der Waals surface area (Å²) in [6, 6.07) is 9.49. The molecule has 3 heterocycles. The van der Waals surface area contributed by atoms with Crippen molar-refractivity contribution in [3.05, 3.63) is 41.5 Å². The van der Waals surface area contributed by atoms with Crippen molar-refractivity contribution in [3.8, 4) is 11.5 Å². The Morgan fingerprint density at radius 3 is 2.81 bits per heavy atom. The smallest absolute Gasteiger partial charge is 0.298 e. The summed E-state index contributed by atoms with van der Waals surface area (Å²) in [7, 11) is 0. The number of nitrogens with zero attached hydrogens (tertiary/aromatic N) is 3. The SMILES string of the molecule is CC(F)(F)c1nn2cc(-c3cc4ccccc4o3)nc2s1. The van der Waals surface area contributed by atoms with Crippen molar-refractivity contribution in [2.45, 2.75) is 12.8 Å². The average molecular weight is 305 g/mol. The minimum Gasteiger partial charge on any atom is -0.454 e. The molecule has 0 radical (unpaired) electrons. The standard InChI is InChI=1S/C14H9F2N3OS/c1-14(15,16)12-18-19-7-9(17-13(19)21-12)11-6-8-4-2-3-5-10(8)20-11/h2-7H,1H3. The van der Waals surface area contributed by atoms with Crippen LogP contribution in [-0.2, 0) is 5.92 Å². The molecule has 0 atom stereocenters. The van der Waals surface area contributed by atoms with Gasteiger partial charge in [0.25, 0.3) is 5.92 Å². The summed E-state index contributed by atoms with van der Waals surface area (Å²) in [5.41, 5.74) is 1.34. The molecule has 0 aliphatic carbocycles. The third-order valence-corrected chi connectivity index (χ3v) is 4.19. The molecule has 0 aliphatic rings. The van der Waals surface area contributed by atoms with E-state index in [4.69, 9.17) is 4.42 Å². The lowest BCUT2D eigenvalue weighted by atomic mass is 10.2. The number of para-hydroxylation sites is 1. The highest BCUT2D eigenvalue weighted by molar-refractivity contribution is 7.16. The largest absolute Gasteiger partial charge is 0.454 e. The van der Waals surface area contributed by atoms with Crippen LogP contribution in [0.2, 0.25) is 0 Å². The average Bonchev–Trinajstić information content (AvgIpc) is 3.09. The molecule has 4 nitrogen and oxygen atoms in total. The Labute approximate surface area is 121 Å².